The molecule has 0 fully saturated rings. The van der Waals surface area contributed by atoms with E-state index in [1.54, 1.807) is 48.5 Å². The van der Waals surface area contributed by atoms with E-state index in [-0.39, 0.29) is 36.1 Å². The first kappa shape index (κ1) is 32.0. The van der Waals surface area contributed by atoms with Crippen molar-refractivity contribution in [2.45, 2.75) is 80.9 Å². The Hall–Kier alpha value is -2.98. The number of β-amino-alcohol motifs (C(OH)–C–C–N with tert-alkyl or cyclic N) is 1. The van der Waals surface area contributed by atoms with Gasteiger partial charge in [-0.05, 0) is 80.0 Å². The van der Waals surface area contributed by atoms with E-state index in [1.807, 2.05) is 13.8 Å². The summed E-state index contributed by atoms with van der Waals surface area (Å²) in [5.74, 6) is -2.09. The second-order valence-corrected chi connectivity index (χ2v) is 11.8. The minimum atomic E-state index is -1.01. The Morgan fingerprint density at radius 3 is 1.84 bits per heavy atom. The van der Waals surface area contributed by atoms with Gasteiger partial charge in [-0.1, -0.05) is 0 Å². The summed E-state index contributed by atoms with van der Waals surface area (Å²) < 4.78 is 16.3. The van der Waals surface area contributed by atoms with Gasteiger partial charge in [0.2, 0.25) is 5.91 Å². The summed E-state index contributed by atoms with van der Waals surface area (Å²) in [6.07, 6.45) is -1.01. The molecule has 3 N–H and O–H groups in total. The number of amides is 1. The molecule has 1 aromatic carbocycles. The van der Waals surface area contributed by atoms with E-state index < -0.39 is 40.4 Å². The van der Waals surface area contributed by atoms with Crippen LogP contribution in [0.4, 0.5) is 0 Å². The summed E-state index contributed by atoms with van der Waals surface area (Å²) in [5.41, 5.74) is -1.61. The summed E-state index contributed by atoms with van der Waals surface area (Å²) in [5, 5.41) is 16.1. The topological polar surface area (TPSA) is 140 Å². The zero-order chi connectivity index (χ0) is 28.8. The van der Waals surface area contributed by atoms with Gasteiger partial charge in [-0.2, -0.15) is 0 Å². The van der Waals surface area contributed by atoms with E-state index in [0.29, 0.717) is 12.1 Å². The Bertz CT molecular complexity index is 1000. The van der Waals surface area contributed by atoms with Crippen LogP contribution in [0, 0.1) is 17.8 Å². The number of hydrogen-bond acceptors (Lipinski definition) is 9. The molecule has 0 radical (unpaired) electrons. The number of esters is 3. The summed E-state index contributed by atoms with van der Waals surface area (Å²) in [6, 6.07) is 2.74. The van der Waals surface area contributed by atoms with Crippen LogP contribution in [0.1, 0.15) is 78.2 Å². The SMILES string of the molecule is CC(=O)NCC(C)(C)NCC(O)COC(=O)c1cc(OC(=O)C(C)(C)C)c(OC(=O)C(C)(C)C)cc1C. The Balaban J connectivity index is 3.03. The van der Waals surface area contributed by atoms with Crippen molar-refractivity contribution in [2.75, 3.05) is 19.7 Å². The maximum absolute atomic E-state index is 12.8. The van der Waals surface area contributed by atoms with Crippen LogP contribution in [0.25, 0.3) is 0 Å². The Morgan fingerprint density at radius 2 is 1.38 bits per heavy atom. The molecule has 37 heavy (non-hydrogen) atoms. The number of ether oxygens (including phenoxy) is 3. The predicted octanol–water partition coefficient (Wildman–Crippen LogP) is 2.92. The average Bonchev–Trinajstić information content (AvgIpc) is 2.75. The highest BCUT2D eigenvalue weighted by atomic mass is 16.6. The molecular formula is C27H42N2O8. The molecule has 0 aliphatic carbocycles. The number of nitrogens with one attached hydrogen (secondary N) is 2. The fraction of sp³-hybridized carbons (Fsp3) is 0.630. The van der Waals surface area contributed by atoms with Crippen LogP contribution in [-0.4, -0.2) is 60.3 Å². The molecule has 0 saturated carbocycles. The van der Waals surface area contributed by atoms with E-state index in [4.69, 9.17) is 14.2 Å². The van der Waals surface area contributed by atoms with Gasteiger partial charge < -0.3 is 30.0 Å². The average molecular weight is 523 g/mol. The number of carbonyl (C=O) groups is 4. The monoisotopic (exact) mass is 522 g/mol. The molecular weight excluding hydrogens is 480 g/mol. The lowest BCUT2D eigenvalue weighted by atomic mass is 9.97. The lowest BCUT2D eigenvalue weighted by molar-refractivity contribution is -0.145. The number of rotatable bonds is 10. The smallest absolute Gasteiger partial charge is 0.338 e. The second-order valence-electron chi connectivity index (χ2n) is 11.8. The first-order valence-corrected chi connectivity index (χ1v) is 12.2. The van der Waals surface area contributed by atoms with Crippen molar-refractivity contribution >= 4 is 23.8 Å². The lowest BCUT2D eigenvalue weighted by Crippen LogP contribution is -2.51. The third-order valence-electron chi connectivity index (χ3n) is 5.14. The van der Waals surface area contributed by atoms with Crippen molar-refractivity contribution in [1.82, 2.24) is 10.6 Å². The van der Waals surface area contributed by atoms with Crippen LogP contribution in [0.15, 0.2) is 12.1 Å². The van der Waals surface area contributed by atoms with Gasteiger partial charge in [-0.25, -0.2) is 4.79 Å². The van der Waals surface area contributed by atoms with Gasteiger partial charge in [0.25, 0.3) is 0 Å². The maximum atomic E-state index is 12.8. The summed E-state index contributed by atoms with van der Waals surface area (Å²) >= 11 is 0. The molecule has 10 nitrogen and oxygen atoms in total. The van der Waals surface area contributed by atoms with Crippen molar-refractivity contribution in [3.05, 3.63) is 23.3 Å². The molecule has 1 unspecified atom stereocenters. The number of benzene rings is 1. The molecule has 1 atom stereocenters. The molecule has 0 aliphatic heterocycles. The molecule has 0 aromatic heterocycles. The first-order valence-electron chi connectivity index (χ1n) is 12.2. The van der Waals surface area contributed by atoms with Gasteiger partial charge >= 0.3 is 17.9 Å². The number of hydrogen-bond donors (Lipinski definition) is 3. The van der Waals surface area contributed by atoms with Crippen LogP contribution in [0.3, 0.4) is 0 Å². The molecule has 0 heterocycles. The summed E-state index contributed by atoms with van der Waals surface area (Å²) in [4.78, 5) is 49.0. The lowest BCUT2D eigenvalue weighted by Gasteiger charge is -2.27. The van der Waals surface area contributed by atoms with Gasteiger partial charge in [0.05, 0.1) is 16.4 Å². The van der Waals surface area contributed by atoms with Crippen molar-refractivity contribution in [3.8, 4) is 11.5 Å². The number of carbonyl (C=O) groups excluding carboxylic acids is 4. The van der Waals surface area contributed by atoms with Crippen LogP contribution >= 0.6 is 0 Å². The van der Waals surface area contributed by atoms with Crippen molar-refractivity contribution in [3.63, 3.8) is 0 Å². The highest BCUT2D eigenvalue weighted by Gasteiger charge is 2.29. The molecule has 0 bridgehead atoms. The van der Waals surface area contributed by atoms with E-state index in [1.165, 1.54) is 19.1 Å². The first-order chi connectivity index (χ1) is 16.7. The highest BCUT2D eigenvalue weighted by molar-refractivity contribution is 5.93. The van der Waals surface area contributed by atoms with Gasteiger partial charge in [-0.15, -0.1) is 0 Å². The van der Waals surface area contributed by atoms with Crippen molar-refractivity contribution < 1.29 is 38.5 Å². The zero-order valence-corrected chi connectivity index (χ0v) is 23.7. The van der Waals surface area contributed by atoms with Crippen LogP contribution in [-0.2, 0) is 19.1 Å². The minimum Gasteiger partial charge on any atom is -0.459 e. The normalized spacial score (nSPS) is 12.9. The Kier molecular flexibility index (Phi) is 10.8. The largest absolute Gasteiger partial charge is 0.459 e. The highest BCUT2D eigenvalue weighted by Crippen LogP contribution is 2.34. The number of aliphatic hydroxyl groups is 1. The molecule has 0 saturated heterocycles. The second kappa shape index (κ2) is 12.5. The van der Waals surface area contributed by atoms with E-state index in [9.17, 15) is 24.3 Å². The van der Waals surface area contributed by atoms with Crippen LogP contribution in [0.5, 0.6) is 11.5 Å². The molecule has 1 aromatic rings. The van der Waals surface area contributed by atoms with E-state index >= 15 is 0 Å². The molecule has 1 rings (SSSR count). The van der Waals surface area contributed by atoms with Gasteiger partial charge in [0.1, 0.15) is 12.7 Å². The molecule has 0 aliphatic rings. The fourth-order valence-electron chi connectivity index (χ4n) is 2.66. The van der Waals surface area contributed by atoms with E-state index in [2.05, 4.69) is 10.6 Å². The van der Waals surface area contributed by atoms with Crippen molar-refractivity contribution in [2.24, 2.45) is 10.8 Å². The van der Waals surface area contributed by atoms with E-state index in [0.717, 1.165) is 0 Å². The Morgan fingerprint density at radius 1 is 0.892 bits per heavy atom. The van der Waals surface area contributed by atoms with Crippen LogP contribution < -0.4 is 20.1 Å². The summed E-state index contributed by atoms with van der Waals surface area (Å²) in [6.45, 7) is 17.0. The standard InChI is InChI=1S/C27H42N2O8/c1-16-11-20(36-23(33)25(3,4)5)21(37-24(34)26(6,7)8)12-19(16)22(32)35-14-18(31)13-29-27(9,10)15-28-17(2)30/h11-12,18,29,31H,13-15H2,1-10H3,(H,28,30). The fourth-order valence-corrected chi connectivity index (χ4v) is 2.66. The zero-order valence-electron chi connectivity index (χ0n) is 23.7. The molecule has 10 heteroatoms. The summed E-state index contributed by atoms with van der Waals surface area (Å²) in [7, 11) is 0. The quantitative estimate of drug-likeness (QED) is 0.312. The van der Waals surface area contributed by atoms with Crippen molar-refractivity contribution in [1.29, 1.82) is 0 Å². The predicted molar refractivity (Wildman–Crippen MR) is 138 cm³/mol. The van der Waals surface area contributed by atoms with Gasteiger partial charge in [-0.3, -0.25) is 14.4 Å². The molecule has 1 amide bonds. The number of aryl methyl sites for hydroxylation is 1. The van der Waals surface area contributed by atoms with Crippen LogP contribution in [0.2, 0.25) is 0 Å². The molecule has 0 spiro atoms. The Labute approximate surface area is 219 Å². The molecule has 208 valence electrons. The minimum absolute atomic E-state index is 0.0113. The third-order valence-corrected chi connectivity index (χ3v) is 5.14. The van der Waals surface area contributed by atoms with Gasteiger partial charge in [0, 0.05) is 25.6 Å². The third kappa shape index (κ3) is 10.9. The number of aliphatic hydroxyl groups excluding tert-OH is 1. The maximum Gasteiger partial charge on any atom is 0.338 e. The van der Waals surface area contributed by atoms with Gasteiger partial charge in [0.15, 0.2) is 11.5 Å².